The molecule has 89 heavy (non-hydrogen) atoms. The standard InChI is InChI=1S/C53H52F26N8O2/c54-42(55,44(58,59)46(62,63)48(66,67)50(70,71)52(74,75)76)18-88-38-82-34(40-12-28-22-6-20-7-23(28)30(14-40)24(8-20)29(22)13-40)80-36(84-38)86-2-1-3-87(5-4-86)37-81-35(41-15-31-25-9-21-10-26(31)33(17-41)27(11-21)32(25)16-41)83-39(85-37)89-19-43(56,57)45(60,61)47(64,65)49(68,69)51(72,73)53(77,78)79/h20-33H,1-19H2. The number of ether oxygens (including phenoxy) is 2. The van der Waals surface area contributed by atoms with E-state index < -0.39 is 120 Å². The van der Waals surface area contributed by atoms with Crippen molar-refractivity contribution in [2.75, 3.05) is 49.2 Å². The molecule has 0 amide bonds. The van der Waals surface area contributed by atoms with E-state index in [0.29, 0.717) is 85.9 Å². The molecule has 10 nitrogen and oxygen atoms in total. The van der Waals surface area contributed by atoms with E-state index in [1.165, 1.54) is 9.80 Å². The molecule has 15 fully saturated rings. The molecule has 0 spiro atoms. The van der Waals surface area contributed by atoms with Crippen LogP contribution in [0.1, 0.15) is 95.1 Å². The van der Waals surface area contributed by atoms with E-state index in [4.69, 9.17) is 19.4 Å². The second-order valence-electron chi connectivity index (χ2n) is 27.3. The van der Waals surface area contributed by atoms with Crippen LogP contribution in [0.5, 0.6) is 12.0 Å². The summed E-state index contributed by atoms with van der Waals surface area (Å²) in [5, 5.41) is 0. The third-order valence-corrected chi connectivity index (χ3v) is 23.0. The minimum Gasteiger partial charge on any atom is -0.457 e. The van der Waals surface area contributed by atoms with Gasteiger partial charge in [-0.05, 0) is 166 Å². The minimum atomic E-state index is -8.19. The lowest BCUT2D eigenvalue weighted by Crippen LogP contribution is -2.70. The van der Waals surface area contributed by atoms with Gasteiger partial charge in [0.15, 0.2) is 13.2 Å². The molecule has 1 aliphatic heterocycles. The van der Waals surface area contributed by atoms with Crippen LogP contribution >= 0.6 is 0 Å². The predicted octanol–water partition coefficient (Wildman–Crippen LogP) is 13.9. The number of hydrogen-bond acceptors (Lipinski definition) is 10. The maximum Gasteiger partial charge on any atom is 0.460 e. The van der Waals surface area contributed by atoms with E-state index in [-0.39, 0.29) is 79.8 Å². The van der Waals surface area contributed by atoms with E-state index in [2.05, 4.69) is 19.9 Å². The fraction of sp³-hybridized carbons (Fsp3) is 0.887. The summed E-state index contributed by atoms with van der Waals surface area (Å²) in [4.78, 5) is 28.2. The molecular formula is C53H52F26N8O2. The van der Waals surface area contributed by atoms with E-state index in [0.717, 1.165) is 38.5 Å². The SMILES string of the molecule is FC(F)(F)C(F)(F)C(F)(F)C(F)(F)C(F)(F)C(F)(F)COc1nc(N2CCCN(c3nc(OCC(F)(F)C(F)(F)C(F)(F)C(F)(F)C(F)(F)C(F)(F)F)nc(C45CC6C7CC8CC6C(C4)C(C8)C7C5)n3)CC2)nc(C23CC4C5CC6CC4C(C2)C(C6)C5C3)n1. The van der Waals surface area contributed by atoms with Crippen molar-refractivity contribution in [3.63, 3.8) is 0 Å². The zero-order valence-electron chi connectivity index (χ0n) is 45.7. The number of halogens is 26. The third kappa shape index (κ3) is 8.54. The predicted molar refractivity (Wildman–Crippen MR) is 249 cm³/mol. The molecule has 498 valence electrons. The second kappa shape index (κ2) is 19.1. The Morgan fingerprint density at radius 1 is 0.315 bits per heavy atom. The van der Waals surface area contributed by atoms with E-state index in [9.17, 15) is 79.0 Å². The van der Waals surface area contributed by atoms with Gasteiger partial charge in [-0.25, -0.2) is 0 Å². The summed E-state index contributed by atoms with van der Waals surface area (Å²) in [6.45, 7) is -7.38. The Bertz CT molecular complexity index is 2800. The quantitative estimate of drug-likeness (QED) is 0.134. The monoisotopic (exact) mass is 1330 g/mol. The fourth-order valence-electron chi connectivity index (χ4n) is 19.4. The normalized spacial score (nSPS) is 36.2. The maximum absolute atomic E-state index is 15.4. The Balaban J connectivity index is 0.813. The maximum atomic E-state index is 15.4. The molecule has 0 atom stereocenters. The highest BCUT2D eigenvalue weighted by molar-refractivity contribution is 5.40. The largest absolute Gasteiger partial charge is 0.460 e. The highest BCUT2D eigenvalue weighted by Crippen LogP contribution is 2.76. The smallest absolute Gasteiger partial charge is 0.457 e. The van der Waals surface area contributed by atoms with Gasteiger partial charge in [0.1, 0.15) is 11.6 Å². The molecule has 36 heteroatoms. The number of anilines is 2. The zero-order chi connectivity index (χ0) is 64.8. The molecule has 17 rings (SSSR count). The summed E-state index contributed by atoms with van der Waals surface area (Å²) in [5.74, 6) is -75.4. The van der Waals surface area contributed by atoms with Gasteiger partial charge >= 0.3 is 83.6 Å². The summed E-state index contributed by atoms with van der Waals surface area (Å²) < 4.78 is 378. The number of nitrogens with zero attached hydrogens (tertiary/aromatic N) is 8. The highest BCUT2D eigenvalue weighted by Gasteiger charge is 2.92. The third-order valence-electron chi connectivity index (χ3n) is 23.0. The molecule has 0 radical (unpaired) electrons. The zero-order valence-corrected chi connectivity index (χ0v) is 45.7. The topological polar surface area (TPSA) is 102 Å². The van der Waals surface area contributed by atoms with E-state index >= 15 is 35.1 Å². The van der Waals surface area contributed by atoms with Crippen LogP contribution < -0.4 is 19.3 Å². The lowest BCUT2D eigenvalue weighted by atomic mass is 9.33. The Morgan fingerprint density at radius 2 is 0.573 bits per heavy atom. The van der Waals surface area contributed by atoms with Gasteiger partial charge in [0, 0.05) is 37.0 Å². The van der Waals surface area contributed by atoms with Crippen molar-refractivity contribution in [3.05, 3.63) is 11.6 Å². The first-order valence-electron chi connectivity index (χ1n) is 29.0. The van der Waals surface area contributed by atoms with Crippen molar-refractivity contribution in [1.82, 2.24) is 29.9 Å². The molecule has 14 aliphatic carbocycles. The number of rotatable bonds is 18. The van der Waals surface area contributed by atoms with Crippen LogP contribution in [0.3, 0.4) is 0 Å². The van der Waals surface area contributed by atoms with E-state index in [1.54, 1.807) is 0 Å². The van der Waals surface area contributed by atoms with Crippen LogP contribution in [-0.2, 0) is 10.8 Å². The Labute approximate surface area is 486 Å². The second-order valence-corrected chi connectivity index (χ2v) is 27.3. The molecule has 2 aromatic heterocycles. The molecule has 16 bridgehead atoms. The van der Waals surface area contributed by atoms with Crippen molar-refractivity contribution in [2.24, 2.45) is 82.9 Å². The fourth-order valence-corrected chi connectivity index (χ4v) is 19.4. The molecular weight excluding hydrogens is 1270 g/mol. The average molecular weight is 1330 g/mol. The van der Waals surface area contributed by atoms with Crippen molar-refractivity contribution in [2.45, 2.75) is 166 Å². The molecule has 14 saturated carbocycles. The van der Waals surface area contributed by atoms with Crippen molar-refractivity contribution < 1.29 is 124 Å². The highest BCUT2D eigenvalue weighted by atomic mass is 19.4. The van der Waals surface area contributed by atoms with Gasteiger partial charge in [-0.1, -0.05) is 0 Å². The van der Waals surface area contributed by atoms with Crippen LogP contribution in [0.25, 0.3) is 0 Å². The summed E-state index contributed by atoms with van der Waals surface area (Å²) in [7, 11) is 0. The summed E-state index contributed by atoms with van der Waals surface area (Å²) >= 11 is 0. The first-order chi connectivity index (χ1) is 40.8. The summed E-state index contributed by atoms with van der Waals surface area (Å²) in [5.41, 5.74) is -2.02. The van der Waals surface area contributed by atoms with Gasteiger partial charge in [-0.15, -0.1) is 0 Å². The summed E-state index contributed by atoms with van der Waals surface area (Å²) in [6.07, 6.45) is -7.42. The molecule has 2 aromatic rings. The first-order valence-corrected chi connectivity index (χ1v) is 29.0. The van der Waals surface area contributed by atoms with Crippen LogP contribution in [-0.4, -0.2) is 141 Å². The van der Waals surface area contributed by atoms with Crippen molar-refractivity contribution in [1.29, 1.82) is 0 Å². The van der Waals surface area contributed by atoms with Gasteiger partial charge in [-0.3, -0.25) is 0 Å². The number of aromatic nitrogens is 6. The van der Waals surface area contributed by atoms with Gasteiger partial charge in [0.2, 0.25) is 11.9 Å². The van der Waals surface area contributed by atoms with E-state index in [1.807, 2.05) is 0 Å². The van der Waals surface area contributed by atoms with Gasteiger partial charge in [-0.2, -0.15) is 144 Å². The molecule has 1 saturated heterocycles. The van der Waals surface area contributed by atoms with Crippen LogP contribution in [0.15, 0.2) is 0 Å². The van der Waals surface area contributed by atoms with Gasteiger partial charge in [0.25, 0.3) is 0 Å². The van der Waals surface area contributed by atoms with Crippen LogP contribution in [0, 0.1) is 82.9 Å². The Morgan fingerprint density at radius 3 is 0.831 bits per heavy atom. The lowest BCUT2D eigenvalue weighted by Gasteiger charge is -2.72. The Kier molecular flexibility index (Phi) is 13.5. The summed E-state index contributed by atoms with van der Waals surface area (Å²) in [6, 6.07) is -2.67. The lowest BCUT2D eigenvalue weighted by molar-refractivity contribution is -0.440. The number of alkyl halides is 26. The molecule has 0 N–H and O–H groups in total. The van der Waals surface area contributed by atoms with Gasteiger partial charge < -0.3 is 19.3 Å². The van der Waals surface area contributed by atoms with Gasteiger partial charge in [0.05, 0.1) is 0 Å². The molecule has 0 unspecified atom stereocenters. The molecule has 3 heterocycles. The van der Waals surface area contributed by atoms with Crippen molar-refractivity contribution in [3.8, 4) is 12.0 Å². The molecule has 15 aliphatic rings. The van der Waals surface area contributed by atoms with Crippen LogP contribution in [0.4, 0.5) is 126 Å². The number of hydrogen-bond donors (Lipinski definition) is 0. The van der Waals surface area contributed by atoms with Crippen molar-refractivity contribution >= 4 is 11.9 Å². The first kappa shape index (κ1) is 63.2. The molecule has 0 aromatic carbocycles. The average Bonchev–Trinajstić information content (AvgIpc) is 0.729. The van der Waals surface area contributed by atoms with Crippen LogP contribution in [0.2, 0.25) is 0 Å². The minimum absolute atomic E-state index is 0.0894. The Hall–Kier alpha value is -4.60.